The molecule has 4 nitrogen and oxygen atoms in total. The molecule has 1 heterocycles. The largest absolute Gasteiger partial charge is 0.507 e. The lowest BCUT2D eigenvalue weighted by atomic mass is 9.95. The van der Waals surface area contributed by atoms with Gasteiger partial charge < -0.3 is 10.0 Å². The number of likely N-dealkylation sites (tertiary alicyclic amines) is 1. The Labute approximate surface area is 146 Å². The minimum Gasteiger partial charge on any atom is -0.507 e. The molecule has 1 fully saturated rings. The van der Waals surface area contributed by atoms with Gasteiger partial charge in [-0.05, 0) is 29.8 Å². The molecular formula is C18H13BrFNO3. The summed E-state index contributed by atoms with van der Waals surface area (Å²) in [5.41, 5.74) is 0.977. The zero-order valence-electron chi connectivity index (χ0n) is 12.7. The second kappa shape index (κ2) is 6.20. The van der Waals surface area contributed by atoms with Gasteiger partial charge in [0.05, 0.1) is 11.6 Å². The van der Waals surface area contributed by atoms with Gasteiger partial charge in [-0.25, -0.2) is 4.39 Å². The molecule has 1 N–H and O–H groups in total. The van der Waals surface area contributed by atoms with Crippen molar-refractivity contribution in [2.45, 2.75) is 6.04 Å². The van der Waals surface area contributed by atoms with Crippen molar-refractivity contribution in [1.29, 1.82) is 0 Å². The number of ketones is 1. The van der Waals surface area contributed by atoms with Crippen molar-refractivity contribution in [2.24, 2.45) is 0 Å². The van der Waals surface area contributed by atoms with Gasteiger partial charge >= 0.3 is 0 Å². The lowest BCUT2D eigenvalue weighted by molar-refractivity contribution is -0.139. The van der Waals surface area contributed by atoms with Crippen molar-refractivity contribution < 1.29 is 19.1 Å². The Balaban J connectivity index is 2.16. The Morgan fingerprint density at radius 1 is 1.08 bits per heavy atom. The van der Waals surface area contributed by atoms with Crippen molar-refractivity contribution in [1.82, 2.24) is 4.90 Å². The Morgan fingerprint density at radius 3 is 2.25 bits per heavy atom. The third-order valence-electron chi connectivity index (χ3n) is 3.98. The van der Waals surface area contributed by atoms with Crippen LogP contribution in [0, 0.1) is 5.82 Å². The summed E-state index contributed by atoms with van der Waals surface area (Å²) in [4.78, 5) is 25.7. The topological polar surface area (TPSA) is 57.6 Å². The van der Waals surface area contributed by atoms with Gasteiger partial charge in [-0.15, -0.1) is 0 Å². The summed E-state index contributed by atoms with van der Waals surface area (Å²) in [6, 6.07) is 11.5. The van der Waals surface area contributed by atoms with Gasteiger partial charge in [0.15, 0.2) is 0 Å². The molecule has 3 rings (SSSR count). The Bertz CT molecular complexity index is 844. The molecule has 6 heteroatoms. The molecule has 122 valence electrons. The fraction of sp³-hybridized carbons (Fsp3) is 0.111. The highest BCUT2D eigenvalue weighted by Crippen LogP contribution is 2.38. The van der Waals surface area contributed by atoms with E-state index < -0.39 is 23.5 Å². The molecule has 0 aromatic heterocycles. The van der Waals surface area contributed by atoms with Crippen LogP contribution in [0.15, 0.2) is 58.6 Å². The quantitative estimate of drug-likeness (QED) is 0.484. The SMILES string of the molecule is CN1C(=O)C(=O)/C(=C(/O)c2ccc(Br)cc2)[C@H]1c1ccc(F)cc1. The number of amides is 1. The standard InChI is InChI=1S/C18H13BrFNO3/c1-21-15(10-4-8-13(20)9-5-10)14(17(23)18(21)24)16(22)11-2-6-12(19)7-3-11/h2-9,15,22H,1H3/b16-14+/t15-/m1/s1. The molecule has 0 aliphatic carbocycles. The predicted octanol–water partition coefficient (Wildman–Crippen LogP) is 3.64. The minimum atomic E-state index is -0.757. The van der Waals surface area contributed by atoms with E-state index in [0.29, 0.717) is 11.1 Å². The van der Waals surface area contributed by atoms with Crippen LogP contribution in [0.3, 0.4) is 0 Å². The van der Waals surface area contributed by atoms with Crippen LogP contribution in [-0.2, 0) is 9.59 Å². The highest BCUT2D eigenvalue weighted by Gasteiger charge is 2.44. The molecule has 24 heavy (non-hydrogen) atoms. The maximum Gasteiger partial charge on any atom is 0.295 e. The molecule has 1 aliphatic heterocycles. The van der Waals surface area contributed by atoms with E-state index in [1.165, 1.54) is 36.2 Å². The van der Waals surface area contributed by atoms with Gasteiger partial charge in [0.25, 0.3) is 11.7 Å². The molecule has 0 radical (unpaired) electrons. The lowest BCUT2D eigenvalue weighted by Gasteiger charge is -2.21. The van der Waals surface area contributed by atoms with E-state index in [0.717, 1.165) is 4.47 Å². The fourth-order valence-corrected chi connectivity index (χ4v) is 3.01. The molecule has 2 aromatic carbocycles. The maximum atomic E-state index is 13.2. The summed E-state index contributed by atoms with van der Waals surface area (Å²) in [6.45, 7) is 0. The van der Waals surface area contributed by atoms with Crippen molar-refractivity contribution in [3.05, 3.63) is 75.5 Å². The van der Waals surface area contributed by atoms with Crippen LogP contribution in [0.1, 0.15) is 17.2 Å². The summed E-state index contributed by atoms with van der Waals surface area (Å²) in [5, 5.41) is 10.6. The number of benzene rings is 2. The molecule has 0 bridgehead atoms. The third-order valence-corrected chi connectivity index (χ3v) is 4.51. The monoisotopic (exact) mass is 389 g/mol. The molecule has 0 spiro atoms. The Morgan fingerprint density at radius 2 is 1.67 bits per heavy atom. The molecule has 0 unspecified atom stereocenters. The smallest absolute Gasteiger partial charge is 0.295 e. The van der Waals surface area contributed by atoms with Gasteiger partial charge in [-0.1, -0.05) is 40.2 Å². The van der Waals surface area contributed by atoms with Crippen LogP contribution in [0.2, 0.25) is 0 Å². The first-order valence-electron chi connectivity index (χ1n) is 7.16. The summed E-state index contributed by atoms with van der Waals surface area (Å²) < 4.78 is 14.0. The average Bonchev–Trinajstić information content (AvgIpc) is 2.80. The van der Waals surface area contributed by atoms with Gasteiger partial charge in [0, 0.05) is 17.1 Å². The number of hydrogen-bond donors (Lipinski definition) is 1. The van der Waals surface area contributed by atoms with Crippen molar-refractivity contribution >= 4 is 33.4 Å². The molecule has 1 aliphatic rings. The van der Waals surface area contributed by atoms with Gasteiger partial charge in [-0.2, -0.15) is 0 Å². The zero-order valence-corrected chi connectivity index (χ0v) is 14.2. The first-order valence-corrected chi connectivity index (χ1v) is 7.95. The number of carbonyl (C=O) groups is 2. The predicted molar refractivity (Wildman–Crippen MR) is 90.6 cm³/mol. The Kier molecular flexibility index (Phi) is 4.24. The van der Waals surface area contributed by atoms with Gasteiger partial charge in [0.1, 0.15) is 11.6 Å². The number of hydrogen-bond acceptors (Lipinski definition) is 3. The Hall–Kier alpha value is -2.47. The molecule has 2 aromatic rings. The number of Topliss-reactive ketones (excluding diaryl/α,β-unsaturated/α-hetero) is 1. The third kappa shape index (κ3) is 2.73. The highest BCUT2D eigenvalue weighted by atomic mass is 79.9. The number of nitrogens with zero attached hydrogens (tertiary/aromatic N) is 1. The van der Waals surface area contributed by atoms with Crippen LogP contribution < -0.4 is 0 Å². The summed E-state index contributed by atoms with van der Waals surface area (Å²) in [5.74, 6) is -2.13. The van der Waals surface area contributed by atoms with E-state index in [1.807, 2.05) is 0 Å². The van der Waals surface area contributed by atoms with Crippen LogP contribution in [0.25, 0.3) is 5.76 Å². The van der Waals surface area contributed by atoms with E-state index in [2.05, 4.69) is 15.9 Å². The lowest BCUT2D eigenvalue weighted by Crippen LogP contribution is -2.24. The fourth-order valence-electron chi connectivity index (χ4n) is 2.75. The van der Waals surface area contributed by atoms with E-state index in [1.54, 1.807) is 24.3 Å². The molecule has 0 saturated carbocycles. The summed E-state index contributed by atoms with van der Waals surface area (Å²) >= 11 is 3.30. The summed E-state index contributed by atoms with van der Waals surface area (Å²) in [7, 11) is 1.48. The molecule has 1 atom stereocenters. The number of carbonyl (C=O) groups excluding carboxylic acids is 2. The average molecular weight is 390 g/mol. The van der Waals surface area contributed by atoms with Crippen LogP contribution in [-0.4, -0.2) is 28.7 Å². The van der Waals surface area contributed by atoms with E-state index in [9.17, 15) is 19.1 Å². The second-order valence-corrected chi connectivity index (χ2v) is 6.38. The second-order valence-electron chi connectivity index (χ2n) is 5.47. The van der Waals surface area contributed by atoms with E-state index in [4.69, 9.17) is 0 Å². The van der Waals surface area contributed by atoms with Crippen molar-refractivity contribution in [3.8, 4) is 0 Å². The number of aliphatic hydroxyl groups is 1. The zero-order chi connectivity index (χ0) is 17.4. The van der Waals surface area contributed by atoms with Crippen molar-refractivity contribution in [3.63, 3.8) is 0 Å². The van der Waals surface area contributed by atoms with Crippen LogP contribution in [0.5, 0.6) is 0 Å². The summed E-state index contributed by atoms with van der Waals surface area (Å²) in [6.07, 6.45) is 0. The number of likely N-dealkylation sites (N-methyl/N-ethyl adjacent to an activating group) is 1. The van der Waals surface area contributed by atoms with E-state index >= 15 is 0 Å². The van der Waals surface area contributed by atoms with Gasteiger partial charge in [-0.3, -0.25) is 9.59 Å². The number of halogens is 2. The van der Waals surface area contributed by atoms with Crippen molar-refractivity contribution in [2.75, 3.05) is 7.05 Å². The molecule has 1 amide bonds. The number of rotatable bonds is 2. The van der Waals surface area contributed by atoms with Crippen LogP contribution >= 0.6 is 15.9 Å². The first-order chi connectivity index (χ1) is 11.4. The normalized spacial score (nSPS) is 19.8. The van der Waals surface area contributed by atoms with E-state index in [-0.39, 0.29) is 11.3 Å². The molecule has 1 saturated heterocycles. The van der Waals surface area contributed by atoms with Crippen LogP contribution in [0.4, 0.5) is 4.39 Å². The first kappa shape index (κ1) is 16.4. The highest BCUT2D eigenvalue weighted by molar-refractivity contribution is 9.10. The van der Waals surface area contributed by atoms with Gasteiger partial charge in [0.2, 0.25) is 0 Å². The molecular weight excluding hydrogens is 377 g/mol. The minimum absolute atomic E-state index is 0.00330. The maximum absolute atomic E-state index is 13.2. The number of aliphatic hydroxyl groups excluding tert-OH is 1.